The van der Waals surface area contributed by atoms with Crippen LogP contribution >= 0.6 is 0 Å². The molecule has 0 aliphatic rings. The Hall–Kier alpha value is -0.820. The van der Waals surface area contributed by atoms with Gasteiger partial charge in [0.25, 0.3) is 0 Å². The highest BCUT2D eigenvalue weighted by Crippen LogP contribution is 2.18. The van der Waals surface area contributed by atoms with Gasteiger partial charge in [-0.1, -0.05) is 65.3 Å². The molecule has 1 rings (SSSR count). The molecule has 0 bridgehead atoms. The Balaban J connectivity index is 2.66. The monoisotopic (exact) mass is 261 g/mol. The van der Waals surface area contributed by atoms with E-state index in [1.54, 1.807) is 0 Å². The van der Waals surface area contributed by atoms with Gasteiger partial charge >= 0.3 is 0 Å². The Kier molecular flexibility index (Phi) is 7.15. The van der Waals surface area contributed by atoms with Gasteiger partial charge < -0.3 is 5.32 Å². The van der Waals surface area contributed by atoms with Gasteiger partial charge in [-0.15, -0.1) is 0 Å². The van der Waals surface area contributed by atoms with E-state index in [0.29, 0.717) is 12.0 Å². The highest BCUT2D eigenvalue weighted by Gasteiger charge is 2.15. The molecule has 0 amide bonds. The van der Waals surface area contributed by atoms with Crippen molar-refractivity contribution in [3.63, 3.8) is 0 Å². The molecule has 1 N–H and O–H groups in total. The molecule has 1 heteroatoms. The lowest BCUT2D eigenvalue weighted by molar-refractivity contribution is 0.365. The lowest BCUT2D eigenvalue weighted by Crippen LogP contribution is -2.37. The maximum Gasteiger partial charge on any atom is 0.0133 e. The van der Waals surface area contributed by atoms with Crippen LogP contribution in [0.5, 0.6) is 0 Å². The zero-order valence-electron chi connectivity index (χ0n) is 13.4. The summed E-state index contributed by atoms with van der Waals surface area (Å²) in [5.41, 5.74) is 2.89. The first-order valence-electron chi connectivity index (χ1n) is 7.90. The van der Waals surface area contributed by atoms with Crippen LogP contribution < -0.4 is 5.32 Å². The molecule has 0 aliphatic heterocycles. The summed E-state index contributed by atoms with van der Waals surface area (Å²) in [7, 11) is 0. The zero-order valence-corrected chi connectivity index (χ0v) is 13.4. The summed E-state index contributed by atoms with van der Waals surface area (Å²) in [6, 6.07) is 9.78. The van der Waals surface area contributed by atoms with Crippen LogP contribution in [0.3, 0.4) is 0 Å². The molecule has 0 aliphatic carbocycles. The van der Waals surface area contributed by atoms with Crippen LogP contribution in [0.15, 0.2) is 24.3 Å². The largest absolute Gasteiger partial charge is 0.313 e. The Morgan fingerprint density at radius 2 is 1.63 bits per heavy atom. The number of rotatable bonds is 8. The summed E-state index contributed by atoms with van der Waals surface area (Å²) < 4.78 is 0. The Bertz CT molecular complexity index is 339. The average molecular weight is 261 g/mol. The van der Waals surface area contributed by atoms with Crippen molar-refractivity contribution in [3.05, 3.63) is 35.4 Å². The Morgan fingerprint density at radius 1 is 1.00 bits per heavy atom. The molecule has 1 aromatic rings. The number of hydrogen-bond acceptors (Lipinski definition) is 1. The SMILES string of the molecule is CCCNC(Cc1ccc(C(C)C)cc1)C(C)CC. The minimum atomic E-state index is 0.606. The molecule has 0 fully saturated rings. The summed E-state index contributed by atoms with van der Waals surface area (Å²) in [6.45, 7) is 12.5. The maximum atomic E-state index is 3.71. The van der Waals surface area contributed by atoms with Crippen LogP contribution in [0.1, 0.15) is 64.5 Å². The third-order valence-electron chi connectivity index (χ3n) is 4.09. The second-order valence-corrected chi connectivity index (χ2v) is 6.05. The van der Waals surface area contributed by atoms with E-state index in [4.69, 9.17) is 0 Å². The third kappa shape index (κ3) is 5.36. The maximum absolute atomic E-state index is 3.71. The van der Waals surface area contributed by atoms with Crippen molar-refractivity contribution >= 4 is 0 Å². The van der Waals surface area contributed by atoms with Crippen LogP contribution in [-0.2, 0) is 6.42 Å². The molecule has 19 heavy (non-hydrogen) atoms. The van der Waals surface area contributed by atoms with Crippen LogP contribution in [-0.4, -0.2) is 12.6 Å². The van der Waals surface area contributed by atoms with Crippen LogP contribution in [0.25, 0.3) is 0 Å². The number of hydrogen-bond donors (Lipinski definition) is 1. The van der Waals surface area contributed by atoms with Crippen molar-refractivity contribution in [1.29, 1.82) is 0 Å². The zero-order chi connectivity index (χ0) is 14.3. The molecule has 0 radical (unpaired) electrons. The fraction of sp³-hybridized carbons (Fsp3) is 0.667. The molecule has 1 aromatic carbocycles. The van der Waals surface area contributed by atoms with E-state index in [0.717, 1.165) is 18.9 Å². The van der Waals surface area contributed by atoms with Crippen LogP contribution in [0.2, 0.25) is 0 Å². The van der Waals surface area contributed by atoms with E-state index >= 15 is 0 Å². The molecule has 0 saturated carbocycles. The van der Waals surface area contributed by atoms with Crippen molar-refractivity contribution in [2.24, 2.45) is 5.92 Å². The van der Waals surface area contributed by atoms with Crippen molar-refractivity contribution in [2.75, 3.05) is 6.54 Å². The molecule has 0 saturated heterocycles. The second-order valence-electron chi connectivity index (χ2n) is 6.05. The van der Waals surface area contributed by atoms with Crippen molar-refractivity contribution in [1.82, 2.24) is 5.32 Å². The van der Waals surface area contributed by atoms with Gasteiger partial charge in [-0.2, -0.15) is 0 Å². The Labute approximate surface area is 119 Å². The van der Waals surface area contributed by atoms with Gasteiger partial charge in [-0.05, 0) is 42.3 Å². The summed E-state index contributed by atoms with van der Waals surface area (Å²) in [5.74, 6) is 1.36. The topological polar surface area (TPSA) is 12.0 Å². The molecule has 0 spiro atoms. The first-order valence-corrected chi connectivity index (χ1v) is 7.90. The van der Waals surface area contributed by atoms with Gasteiger partial charge in [-0.25, -0.2) is 0 Å². The van der Waals surface area contributed by atoms with Crippen molar-refractivity contribution in [3.8, 4) is 0 Å². The van der Waals surface area contributed by atoms with Crippen molar-refractivity contribution < 1.29 is 0 Å². The van der Waals surface area contributed by atoms with Gasteiger partial charge in [-0.3, -0.25) is 0 Å². The predicted octanol–water partition coefficient (Wildman–Crippen LogP) is 4.77. The first-order chi connectivity index (χ1) is 9.08. The normalized spacial score (nSPS) is 14.6. The van der Waals surface area contributed by atoms with Crippen molar-refractivity contribution in [2.45, 2.75) is 65.8 Å². The lowest BCUT2D eigenvalue weighted by Gasteiger charge is -2.24. The summed E-state index contributed by atoms with van der Waals surface area (Å²) in [5, 5.41) is 3.71. The summed E-state index contributed by atoms with van der Waals surface area (Å²) in [6.07, 6.45) is 3.60. The van der Waals surface area contributed by atoms with Gasteiger partial charge in [0.05, 0.1) is 0 Å². The molecular weight excluding hydrogens is 230 g/mol. The fourth-order valence-corrected chi connectivity index (χ4v) is 2.38. The molecular formula is C18H31N. The van der Waals surface area contributed by atoms with Gasteiger partial charge in [0, 0.05) is 6.04 Å². The molecule has 0 heterocycles. The minimum Gasteiger partial charge on any atom is -0.313 e. The molecule has 2 atom stereocenters. The molecule has 1 nitrogen and oxygen atoms in total. The molecule has 2 unspecified atom stereocenters. The van der Waals surface area contributed by atoms with E-state index in [1.165, 1.54) is 24.0 Å². The standard InChI is InChI=1S/C18H31N/c1-6-12-19-18(15(5)7-2)13-16-8-10-17(11-9-16)14(3)4/h8-11,14-15,18-19H,6-7,12-13H2,1-5H3. The summed E-state index contributed by atoms with van der Waals surface area (Å²) >= 11 is 0. The third-order valence-corrected chi connectivity index (χ3v) is 4.09. The van der Waals surface area contributed by atoms with E-state index < -0.39 is 0 Å². The van der Waals surface area contributed by atoms with Gasteiger partial charge in [0.2, 0.25) is 0 Å². The number of benzene rings is 1. The molecule has 0 aromatic heterocycles. The lowest BCUT2D eigenvalue weighted by atomic mass is 9.92. The Morgan fingerprint density at radius 3 is 2.11 bits per heavy atom. The fourth-order valence-electron chi connectivity index (χ4n) is 2.38. The predicted molar refractivity (Wildman–Crippen MR) is 85.8 cm³/mol. The van der Waals surface area contributed by atoms with Gasteiger partial charge in [0.1, 0.15) is 0 Å². The minimum absolute atomic E-state index is 0.606. The highest BCUT2D eigenvalue weighted by molar-refractivity contribution is 5.25. The van der Waals surface area contributed by atoms with E-state index in [1.807, 2.05) is 0 Å². The quantitative estimate of drug-likeness (QED) is 0.711. The highest BCUT2D eigenvalue weighted by atomic mass is 14.9. The second kappa shape index (κ2) is 8.37. The summed E-state index contributed by atoms with van der Waals surface area (Å²) in [4.78, 5) is 0. The number of nitrogens with one attached hydrogen (secondary N) is 1. The van der Waals surface area contributed by atoms with E-state index in [-0.39, 0.29) is 0 Å². The molecule has 108 valence electrons. The van der Waals surface area contributed by atoms with Crippen LogP contribution in [0.4, 0.5) is 0 Å². The average Bonchev–Trinajstić information content (AvgIpc) is 2.43. The van der Waals surface area contributed by atoms with E-state index in [2.05, 4.69) is 64.2 Å². The van der Waals surface area contributed by atoms with E-state index in [9.17, 15) is 0 Å². The smallest absolute Gasteiger partial charge is 0.0133 e. The van der Waals surface area contributed by atoms with Crippen LogP contribution in [0, 0.1) is 5.92 Å². The van der Waals surface area contributed by atoms with Gasteiger partial charge in [0.15, 0.2) is 0 Å². The first kappa shape index (κ1) is 16.2.